The summed E-state index contributed by atoms with van der Waals surface area (Å²) in [4.78, 5) is 27.0. The number of hydrogen-bond acceptors (Lipinski definition) is 3. The van der Waals surface area contributed by atoms with E-state index in [2.05, 4.69) is 0 Å². The van der Waals surface area contributed by atoms with Crippen LogP contribution in [-0.2, 0) is 17.6 Å². The number of carbonyl (C=O) groups excluding carboxylic acids is 1. The fraction of sp³-hybridized carbons (Fsp3) is 0.538. The van der Waals surface area contributed by atoms with Crippen LogP contribution in [0.25, 0.3) is 0 Å². The molecule has 0 saturated carbocycles. The first-order chi connectivity index (χ1) is 8.65. The lowest BCUT2D eigenvalue weighted by molar-refractivity contribution is -0.141. The highest BCUT2D eigenvalue weighted by Crippen LogP contribution is 2.32. The molecular weight excluding hydrogens is 286 g/mol. The van der Waals surface area contributed by atoms with Crippen LogP contribution in [0, 0.1) is 5.92 Å². The number of rotatable bonds is 2. The Balaban J connectivity index is 0.00000133. The summed E-state index contributed by atoms with van der Waals surface area (Å²) < 4.78 is 0. The Morgan fingerprint density at radius 1 is 1.37 bits per heavy atom. The standard InChI is InChI=1S/C13H15NO3S.ClH/c15-12(14-5-4-9(7-14)13(16)17)11-6-8-2-1-3-10(8)18-11;/h6,9H,1-5,7H2,(H,16,17);1H. The molecule has 1 aliphatic carbocycles. The number of fused-ring (bicyclic) bond motifs is 1. The quantitative estimate of drug-likeness (QED) is 0.911. The zero-order valence-electron chi connectivity index (χ0n) is 10.4. The van der Waals surface area contributed by atoms with Crippen LogP contribution in [0.2, 0.25) is 0 Å². The first-order valence-corrected chi connectivity index (χ1v) is 7.10. The van der Waals surface area contributed by atoms with Crippen LogP contribution in [0.5, 0.6) is 0 Å². The van der Waals surface area contributed by atoms with Gasteiger partial charge in [0.25, 0.3) is 5.91 Å². The molecule has 6 heteroatoms. The van der Waals surface area contributed by atoms with Gasteiger partial charge in [-0.3, -0.25) is 9.59 Å². The molecule has 4 nitrogen and oxygen atoms in total. The van der Waals surface area contributed by atoms with E-state index in [0.717, 1.165) is 17.7 Å². The SMILES string of the molecule is Cl.O=C(O)C1CCN(C(=O)c2cc3c(s2)CCC3)C1. The van der Waals surface area contributed by atoms with E-state index in [0.29, 0.717) is 19.5 Å². The molecule has 1 amide bonds. The Morgan fingerprint density at radius 2 is 2.16 bits per heavy atom. The number of thiophene rings is 1. The topological polar surface area (TPSA) is 57.6 Å². The van der Waals surface area contributed by atoms with E-state index in [9.17, 15) is 9.59 Å². The molecule has 0 bridgehead atoms. The summed E-state index contributed by atoms with van der Waals surface area (Å²) >= 11 is 1.59. The maximum Gasteiger partial charge on any atom is 0.308 e. The molecular formula is C13H16ClNO3S. The number of hydrogen-bond donors (Lipinski definition) is 1. The van der Waals surface area contributed by atoms with Crippen molar-refractivity contribution in [2.45, 2.75) is 25.7 Å². The van der Waals surface area contributed by atoms with Crippen molar-refractivity contribution >= 4 is 35.6 Å². The van der Waals surface area contributed by atoms with Gasteiger partial charge in [-0.2, -0.15) is 0 Å². The van der Waals surface area contributed by atoms with E-state index in [1.807, 2.05) is 6.07 Å². The van der Waals surface area contributed by atoms with Crippen molar-refractivity contribution in [1.29, 1.82) is 0 Å². The monoisotopic (exact) mass is 301 g/mol. The van der Waals surface area contributed by atoms with Crippen LogP contribution >= 0.6 is 23.7 Å². The van der Waals surface area contributed by atoms with Crippen molar-refractivity contribution in [2.24, 2.45) is 5.92 Å². The van der Waals surface area contributed by atoms with Crippen LogP contribution in [0.4, 0.5) is 0 Å². The molecule has 1 aromatic rings. The lowest BCUT2D eigenvalue weighted by Crippen LogP contribution is -2.29. The summed E-state index contributed by atoms with van der Waals surface area (Å²) in [6.07, 6.45) is 3.94. The fourth-order valence-corrected chi connectivity index (χ4v) is 3.96. The van der Waals surface area contributed by atoms with Gasteiger partial charge in [-0.25, -0.2) is 0 Å². The molecule has 1 N–H and O–H groups in total. The van der Waals surface area contributed by atoms with Crippen molar-refractivity contribution in [1.82, 2.24) is 4.90 Å². The minimum absolute atomic E-state index is 0. The van der Waals surface area contributed by atoms with Crippen molar-refractivity contribution in [3.63, 3.8) is 0 Å². The third-order valence-electron chi connectivity index (χ3n) is 3.78. The van der Waals surface area contributed by atoms with Crippen LogP contribution in [-0.4, -0.2) is 35.0 Å². The minimum Gasteiger partial charge on any atom is -0.481 e. The number of aryl methyl sites for hydroxylation is 2. The Hall–Kier alpha value is -1.07. The van der Waals surface area contributed by atoms with E-state index < -0.39 is 5.97 Å². The number of likely N-dealkylation sites (tertiary alicyclic amines) is 1. The van der Waals surface area contributed by atoms with Gasteiger partial charge in [0.15, 0.2) is 0 Å². The second-order valence-electron chi connectivity index (χ2n) is 4.99. The van der Waals surface area contributed by atoms with E-state index in [-0.39, 0.29) is 24.2 Å². The normalized spacial score (nSPS) is 21.1. The summed E-state index contributed by atoms with van der Waals surface area (Å²) in [5.74, 6) is -1.17. The number of carboxylic acid groups (broad SMARTS) is 1. The summed E-state index contributed by atoms with van der Waals surface area (Å²) in [5.41, 5.74) is 1.32. The molecule has 0 aromatic carbocycles. The maximum absolute atomic E-state index is 12.3. The summed E-state index contributed by atoms with van der Waals surface area (Å²) in [7, 11) is 0. The molecule has 2 aliphatic rings. The number of amides is 1. The molecule has 0 radical (unpaired) electrons. The van der Waals surface area contributed by atoms with Crippen LogP contribution < -0.4 is 0 Å². The molecule has 3 rings (SSSR count). The molecule has 19 heavy (non-hydrogen) atoms. The van der Waals surface area contributed by atoms with Crippen molar-refractivity contribution in [3.05, 3.63) is 21.4 Å². The average Bonchev–Trinajstić information content (AvgIpc) is 3.02. The molecule has 1 unspecified atom stereocenters. The number of halogens is 1. The largest absolute Gasteiger partial charge is 0.481 e. The molecule has 1 fully saturated rings. The van der Waals surface area contributed by atoms with E-state index in [1.165, 1.54) is 16.9 Å². The Bertz CT molecular complexity index is 492. The van der Waals surface area contributed by atoms with Crippen molar-refractivity contribution in [3.8, 4) is 0 Å². The molecule has 1 aromatic heterocycles. The predicted octanol–water partition coefficient (Wildman–Crippen LogP) is 2.21. The zero-order chi connectivity index (χ0) is 12.7. The van der Waals surface area contributed by atoms with E-state index >= 15 is 0 Å². The highest BCUT2D eigenvalue weighted by molar-refractivity contribution is 7.14. The highest BCUT2D eigenvalue weighted by Gasteiger charge is 2.32. The van der Waals surface area contributed by atoms with E-state index in [1.54, 1.807) is 16.2 Å². The lowest BCUT2D eigenvalue weighted by atomic mass is 10.1. The first-order valence-electron chi connectivity index (χ1n) is 6.29. The lowest BCUT2D eigenvalue weighted by Gasteiger charge is -2.14. The third-order valence-corrected chi connectivity index (χ3v) is 5.01. The molecule has 1 aliphatic heterocycles. The summed E-state index contributed by atoms with van der Waals surface area (Å²) in [6.45, 7) is 0.926. The van der Waals surface area contributed by atoms with Gasteiger partial charge >= 0.3 is 5.97 Å². The fourth-order valence-electron chi connectivity index (χ4n) is 2.74. The predicted molar refractivity (Wildman–Crippen MR) is 75.2 cm³/mol. The second-order valence-corrected chi connectivity index (χ2v) is 6.12. The summed E-state index contributed by atoms with van der Waals surface area (Å²) in [5, 5.41) is 8.94. The van der Waals surface area contributed by atoms with Gasteiger partial charge < -0.3 is 10.0 Å². The van der Waals surface area contributed by atoms with Gasteiger partial charge in [0.1, 0.15) is 0 Å². The Labute approximate surface area is 121 Å². The highest BCUT2D eigenvalue weighted by atomic mass is 35.5. The number of carboxylic acids is 1. The van der Waals surface area contributed by atoms with Crippen LogP contribution in [0.1, 0.15) is 33.0 Å². The number of aliphatic carboxylic acids is 1. The van der Waals surface area contributed by atoms with Gasteiger partial charge in [-0.1, -0.05) is 0 Å². The van der Waals surface area contributed by atoms with Gasteiger partial charge in [-0.05, 0) is 37.3 Å². The molecule has 1 atom stereocenters. The summed E-state index contributed by atoms with van der Waals surface area (Å²) in [6, 6.07) is 2.00. The molecule has 0 spiro atoms. The molecule has 2 heterocycles. The van der Waals surface area contributed by atoms with Gasteiger partial charge in [0, 0.05) is 18.0 Å². The molecule has 1 saturated heterocycles. The average molecular weight is 302 g/mol. The van der Waals surface area contributed by atoms with Gasteiger partial charge in [-0.15, -0.1) is 23.7 Å². The van der Waals surface area contributed by atoms with Gasteiger partial charge in [0.2, 0.25) is 0 Å². The van der Waals surface area contributed by atoms with Crippen LogP contribution in [0.3, 0.4) is 0 Å². The smallest absolute Gasteiger partial charge is 0.308 e. The second kappa shape index (κ2) is 5.51. The number of nitrogens with zero attached hydrogens (tertiary/aromatic N) is 1. The van der Waals surface area contributed by atoms with Crippen LogP contribution in [0.15, 0.2) is 6.07 Å². The molecule has 104 valence electrons. The van der Waals surface area contributed by atoms with Crippen molar-refractivity contribution < 1.29 is 14.7 Å². The first kappa shape index (κ1) is 14.3. The van der Waals surface area contributed by atoms with Gasteiger partial charge in [0.05, 0.1) is 10.8 Å². The Morgan fingerprint density at radius 3 is 2.79 bits per heavy atom. The van der Waals surface area contributed by atoms with E-state index in [4.69, 9.17) is 5.11 Å². The number of carbonyl (C=O) groups is 2. The Kier molecular flexibility index (Phi) is 4.16. The van der Waals surface area contributed by atoms with Crippen molar-refractivity contribution in [2.75, 3.05) is 13.1 Å². The maximum atomic E-state index is 12.3. The third kappa shape index (κ3) is 2.62. The zero-order valence-corrected chi connectivity index (χ0v) is 12.1. The minimum atomic E-state index is -0.793.